The van der Waals surface area contributed by atoms with Crippen molar-refractivity contribution in [2.24, 2.45) is 5.92 Å². The monoisotopic (exact) mass is 302 g/mol. The Bertz CT molecular complexity index is 512. The summed E-state index contributed by atoms with van der Waals surface area (Å²) in [5.41, 5.74) is 0.858. The zero-order valence-electron chi connectivity index (χ0n) is 13.1. The molecule has 4 nitrogen and oxygen atoms in total. The zero-order chi connectivity index (χ0) is 15.4. The molecular weight excluding hydrogens is 276 g/mol. The summed E-state index contributed by atoms with van der Waals surface area (Å²) >= 11 is 0. The highest BCUT2D eigenvalue weighted by molar-refractivity contribution is 5.78. The van der Waals surface area contributed by atoms with Crippen LogP contribution in [0.2, 0.25) is 0 Å². The van der Waals surface area contributed by atoms with E-state index in [0.29, 0.717) is 12.3 Å². The molecule has 1 saturated heterocycles. The summed E-state index contributed by atoms with van der Waals surface area (Å²) in [6.07, 6.45) is 7.02. The van der Waals surface area contributed by atoms with Crippen molar-refractivity contribution in [2.45, 2.75) is 44.6 Å². The zero-order valence-corrected chi connectivity index (χ0v) is 13.1. The number of phenolic OH excluding ortho intramolecular Hbond substituents is 1. The SMILES string of the molecule is O=C(Cc1cccc(O)c1)NCC1CCN(C2CCCC2)C1. The van der Waals surface area contributed by atoms with Crippen molar-refractivity contribution in [3.8, 4) is 5.75 Å². The number of aromatic hydroxyl groups is 1. The topological polar surface area (TPSA) is 52.6 Å². The number of amides is 1. The predicted molar refractivity (Wildman–Crippen MR) is 86.8 cm³/mol. The van der Waals surface area contributed by atoms with E-state index in [2.05, 4.69) is 10.2 Å². The maximum Gasteiger partial charge on any atom is 0.224 e. The first-order chi connectivity index (χ1) is 10.7. The molecule has 1 aromatic rings. The first-order valence-corrected chi connectivity index (χ1v) is 8.49. The minimum Gasteiger partial charge on any atom is -0.508 e. The summed E-state index contributed by atoms with van der Waals surface area (Å²) in [4.78, 5) is 14.6. The normalized spacial score (nSPS) is 23.0. The summed E-state index contributed by atoms with van der Waals surface area (Å²) in [5.74, 6) is 0.854. The quantitative estimate of drug-likeness (QED) is 0.877. The fourth-order valence-electron chi connectivity index (χ4n) is 3.80. The fourth-order valence-corrected chi connectivity index (χ4v) is 3.80. The van der Waals surface area contributed by atoms with Crippen molar-refractivity contribution in [3.05, 3.63) is 29.8 Å². The molecule has 1 amide bonds. The summed E-state index contributed by atoms with van der Waals surface area (Å²) < 4.78 is 0. The predicted octanol–water partition coefficient (Wildman–Crippen LogP) is 2.32. The van der Waals surface area contributed by atoms with Gasteiger partial charge in [-0.2, -0.15) is 0 Å². The van der Waals surface area contributed by atoms with E-state index in [1.807, 2.05) is 6.07 Å². The van der Waals surface area contributed by atoms with Crippen molar-refractivity contribution >= 4 is 5.91 Å². The molecule has 1 saturated carbocycles. The third kappa shape index (κ3) is 4.01. The van der Waals surface area contributed by atoms with Gasteiger partial charge in [0.05, 0.1) is 6.42 Å². The molecule has 2 N–H and O–H groups in total. The van der Waals surface area contributed by atoms with Gasteiger partial charge in [0.25, 0.3) is 0 Å². The number of carbonyl (C=O) groups is 1. The number of carbonyl (C=O) groups excluding carboxylic acids is 1. The third-order valence-electron chi connectivity index (χ3n) is 5.02. The Kier molecular flexibility index (Phi) is 4.98. The molecule has 2 aliphatic rings. The summed E-state index contributed by atoms with van der Waals surface area (Å²) in [6.45, 7) is 3.11. The second kappa shape index (κ2) is 7.14. The molecule has 1 aromatic carbocycles. The largest absolute Gasteiger partial charge is 0.508 e. The van der Waals surface area contributed by atoms with Gasteiger partial charge in [-0.05, 0) is 49.4 Å². The molecular formula is C18H26N2O2. The maximum absolute atomic E-state index is 12.0. The van der Waals surface area contributed by atoms with Crippen molar-refractivity contribution in [1.29, 1.82) is 0 Å². The van der Waals surface area contributed by atoms with E-state index in [9.17, 15) is 9.90 Å². The number of hydrogen-bond acceptors (Lipinski definition) is 3. The van der Waals surface area contributed by atoms with Gasteiger partial charge < -0.3 is 15.3 Å². The molecule has 0 aromatic heterocycles. The smallest absolute Gasteiger partial charge is 0.224 e. The second-order valence-electron chi connectivity index (χ2n) is 6.74. The third-order valence-corrected chi connectivity index (χ3v) is 5.02. The van der Waals surface area contributed by atoms with Crippen LogP contribution in [-0.2, 0) is 11.2 Å². The molecule has 3 rings (SSSR count). The van der Waals surface area contributed by atoms with Crippen LogP contribution >= 0.6 is 0 Å². The Balaban J connectivity index is 1.40. The molecule has 1 atom stereocenters. The lowest BCUT2D eigenvalue weighted by Crippen LogP contribution is -2.34. The van der Waals surface area contributed by atoms with Gasteiger partial charge in [-0.1, -0.05) is 25.0 Å². The number of likely N-dealkylation sites (tertiary alicyclic amines) is 1. The first kappa shape index (κ1) is 15.3. The van der Waals surface area contributed by atoms with Gasteiger partial charge in [-0.15, -0.1) is 0 Å². The highest BCUT2D eigenvalue weighted by atomic mass is 16.3. The first-order valence-electron chi connectivity index (χ1n) is 8.49. The molecule has 0 bridgehead atoms. The number of nitrogens with one attached hydrogen (secondary N) is 1. The minimum atomic E-state index is 0.0462. The average Bonchev–Trinajstić information content (AvgIpc) is 3.16. The van der Waals surface area contributed by atoms with Crippen LogP contribution in [0.15, 0.2) is 24.3 Å². The van der Waals surface area contributed by atoms with Crippen molar-refractivity contribution in [2.75, 3.05) is 19.6 Å². The van der Waals surface area contributed by atoms with E-state index >= 15 is 0 Å². The Morgan fingerprint density at radius 1 is 1.27 bits per heavy atom. The lowest BCUT2D eigenvalue weighted by molar-refractivity contribution is -0.120. The van der Waals surface area contributed by atoms with Crippen LogP contribution < -0.4 is 5.32 Å². The van der Waals surface area contributed by atoms with Gasteiger partial charge in [-0.25, -0.2) is 0 Å². The van der Waals surface area contributed by atoms with Gasteiger partial charge in [-0.3, -0.25) is 4.79 Å². The van der Waals surface area contributed by atoms with Crippen LogP contribution in [0.1, 0.15) is 37.7 Å². The van der Waals surface area contributed by atoms with Crippen LogP contribution in [0.4, 0.5) is 0 Å². The average molecular weight is 302 g/mol. The number of hydrogen-bond donors (Lipinski definition) is 2. The Hall–Kier alpha value is -1.55. The molecule has 1 aliphatic carbocycles. The van der Waals surface area contributed by atoms with E-state index in [1.54, 1.807) is 18.2 Å². The summed E-state index contributed by atoms with van der Waals surface area (Å²) in [5, 5.41) is 12.5. The van der Waals surface area contributed by atoms with E-state index in [4.69, 9.17) is 0 Å². The molecule has 2 fully saturated rings. The van der Waals surface area contributed by atoms with Crippen molar-refractivity contribution in [3.63, 3.8) is 0 Å². The number of phenols is 1. The van der Waals surface area contributed by atoms with E-state index in [0.717, 1.165) is 24.7 Å². The Morgan fingerprint density at radius 3 is 2.86 bits per heavy atom. The van der Waals surface area contributed by atoms with Gasteiger partial charge in [0.15, 0.2) is 0 Å². The van der Waals surface area contributed by atoms with E-state index in [-0.39, 0.29) is 11.7 Å². The number of rotatable bonds is 5. The van der Waals surface area contributed by atoms with E-state index in [1.165, 1.54) is 38.6 Å². The minimum absolute atomic E-state index is 0.0462. The summed E-state index contributed by atoms with van der Waals surface area (Å²) in [7, 11) is 0. The number of benzene rings is 1. The lowest BCUT2D eigenvalue weighted by atomic mass is 10.1. The van der Waals surface area contributed by atoms with Gasteiger partial charge in [0, 0.05) is 19.1 Å². The fraction of sp³-hybridized carbons (Fsp3) is 0.611. The highest BCUT2D eigenvalue weighted by Crippen LogP contribution is 2.28. The standard InChI is InChI=1S/C18H26N2O2/c21-17-7-3-4-14(10-17)11-18(22)19-12-15-8-9-20(13-15)16-5-1-2-6-16/h3-4,7,10,15-16,21H,1-2,5-6,8-9,11-13H2,(H,19,22). The van der Waals surface area contributed by atoms with Gasteiger partial charge in [0.2, 0.25) is 5.91 Å². The maximum atomic E-state index is 12.0. The molecule has 22 heavy (non-hydrogen) atoms. The molecule has 0 spiro atoms. The molecule has 120 valence electrons. The Morgan fingerprint density at radius 2 is 2.09 bits per heavy atom. The molecule has 1 unspecified atom stereocenters. The van der Waals surface area contributed by atoms with Crippen LogP contribution in [0, 0.1) is 5.92 Å². The van der Waals surface area contributed by atoms with Crippen molar-refractivity contribution < 1.29 is 9.90 Å². The highest BCUT2D eigenvalue weighted by Gasteiger charge is 2.29. The van der Waals surface area contributed by atoms with Crippen LogP contribution in [0.25, 0.3) is 0 Å². The van der Waals surface area contributed by atoms with Crippen LogP contribution in [0.3, 0.4) is 0 Å². The summed E-state index contributed by atoms with van der Waals surface area (Å²) in [6, 6.07) is 7.72. The Labute approximate surface area is 132 Å². The molecule has 1 aliphatic heterocycles. The lowest BCUT2D eigenvalue weighted by Gasteiger charge is -2.23. The van der Waals surface area contributed by atoms with Crippen molar-refractivity contribution in [1.82, 2.24) is 10.2 Å². The van der Waals surface area contributed by atoms with Crippen LogP contribution in [0.5, 0.6) is 5.75 Å². The molecule has 4 heteroatoms. The molecule has 1 heterocycles. The molecule has 0 radical (unpaired) electrons. The van der Waals surface area contributed by atoms with Gasteiger partial charge in [0.1, 0.15) is 5.75 Å². The second-order valence-corrected chi connectivity index (χ2v) is 6.74. The number of nitrogens with zero attached hydrogens (tertiary/aromatic N) is 1. The van der Waals surface area contributed by atoms with Gasteiger partial charge >= 0.3 is 0 Å². The van der Waals surface area contributed by atoms with E-state index < -0.39 is 0 Å². The van der Waals surface area contributed by atoms with Crippen LogP contribution in [-0.4, -0.2) is 41.6 Å².